The lowest BCUT2D eigenvalue weighted by atomic mass is 10.0. The predicted octanol–water partition coefficient (Wildman–Crippen LogP) is 6.23. The average molecular weight is 456 g/mol. The number of hydrogen-bond acceptors (Lipinski definition) is 0. The molecule has 0 amide bonds. The van der Waals surface area contributed by atoms with E-state index < -0.39 is 0 Å². The number of alkyl halides is 1. The van der Waals surface area contributed by atoms with Gasteiger partial charge >= 0.3 is 0 Å². The van der Waals surface area contributed by atoms with Crippen molar-refractivity contribution in [3.63, 3.8) is 0 Å². The SMILES string of the molecule is Clc1ccccc1CC(Cl)c1cc(I)ccc1Br. The van der Waals surface area contributed by atoms with Crippen LogP contribution in [-0.4, -0.2) is 0 Å². The highest BCUT2D eigenvalue weighted by atomic mass is 127. The summed E-state index contributed by atoms with van der Waals surface area (Å²) in [6.45, 7) is 0. The van der Waals surface area contributed by atoms with E-state index in [-0.39, 0.29) is 5.38 Å². The van der Waals surface area contributed by atoms with Gasteiger partial charge in [-0.3, -0.25) is 0 Å². The third kappa shape index (κ3) is 3.62. The molecule has 2 aromatic rings. The van der Waals surface area contributed by atoms with E-state index in [1.807, 2.05) is 36.4 Å². The standard InChI is InChI=1S/C14H10BrCl2I/c15-12-6-5-10(18)8-11(12)14(17)7-9-3-1-2-4-13(9)16/h1-6,8,14H,7H2. The topological polar surface area (TPSA) is 0 Å². The van der Waals surface area contributed by atoms with Crippen molar-refractivity contribution in [2.45, 2.75) is 11.8 Å². The zero-order chi connectivity index (χ0) is 13.1. The minimum absolute atomic E-state index is 0.0889. The van der Waals surface area contributed by atoms with Crippen LogP contribution in [0.1, 0.15) is 16.5 Å². The smallest absolute Gasteiger partial charge is 0.0637 e. The molecule has 2 rings (SSSR count). The Kier molecular flexibility index (Phi) is 5.36. The maximum Gasteiger partial charge on any atom is 0.0637 e. The molecule has 0 nitrogen and oxygen atoms in total. The number of benzene rings is 2. The predicted molar refractivity (Wildman–Crippen MR) is 90.6 cm³/mol. The summed E-state index contributed by atoms with van der Waals surface area (Å²) in [5.41, 5.74) is 2.17. The Morgan fingerprint density at radius 2 is 1.89 bits per heavy atom. The zero-order valence-corrected chi connectivity index (χ0v) is 14.6. The molecule has 0 N–H and O–H groups in total. The van der Waals surface area contributed by atoms with Crippen molar-refractivity contribution in [2.24, 2.45) is 0 Å². The van der Waals surface area contributed by atoms with Gasteiger partial charge in [0.05, 0.1) is 5.38 Å². The molecule has 0 radical (unpaired) electrons. The first-order valence-corrected chi connectivity index (χ1v) is 8.09. The Morgan fingerprint density at radius 3 is 2.61 bits per heavy atom. The van der Waals surface area contributed by atoms with Crippen LogP contribution in [0.25, 0.3) is 0 Å². The lowest BCUT2D eigenvalue weighted by molar-refractivity contribution is 0.913. The van der Waals surface area contributed by atoms with E-state index in [0.29, 0.717) is 0 Å². The molecule has 18 heavy (non-hydrogen) atoms. The van der Waals surface area contributed by atoms with Gasteiger partial charge in [0.15, 0.2) is 0 Å². The summed E-state index contributed by atoms with van der Waals surface area (Å²) in [6.07, 6.45) is 0.722. The first kappa shape index (κ1) is 14.6. The monoisotopic (exact) mass is 454 g/mol. The van der Waals surface area contributed by atoms with Crippen LogP contribution in [0.4, 0.5) is 0 Å². The molecular weight excluding hydrogens is 446 g/mol. The molecule has 1 atom stereocenters. The Morgan fingerprint density at radius 1 is 1.17 bits per heavy atom. The highest BCUT2D eigenvalue weighted by molar-refractivity contribution is 14.1. The minimum atomic E-state index is -0.0889. The second kappa shape index (κ2) is 6.60. The van der Waals surface area contributed by atoms with Gasteiger partial charge in [-0.1, -0.05) is 45.7 Å². The first-order chi connectivity index (χ1) is 8.58. The third-order valence-electron chi connectivity index (χ3n) is 2.65. The van der Waals surface area contributed by atoms with Crippen molar-refractivity contribution in [2.75, 3.05) is 0 Å². The van der Waals surface area contributed by atoms with Gasteiger partial charge in [0.25, 0.3) is 0 Å². The average Bonchev–Trinajstić information content (AvgIpc) is 2.35. The van der Waals surface area contributed by atoms with Gasteiger partial charge in [-0.05, 0) is 64.4 Å². The summed E-state index contributed by atoms with van der Waals surface area (Å²) < 4.78 is 2.21. The fourth-order valence-electron chi connectivity index (χ4n) is 1.72. The zero-order valence-electron chi connectivity index (χ0n) is 9.34. The molecule has 0 bridgehead atoms. The molecular formula is C14H10BrCl2I. The highest BCUT2D eigenvalue weighted by Gasteiger charge is 2.14. The Labute approximate surface area is 139 Å². The molecule has 0 aromatic heterocycles. The Balaban J connectivity index is 2.25. The second-order valence-electron chi connectivity index (χ2n) is 3.93. The molecule has 1 unspecified atom stereocenters. The molecule has 0 saturated carbocycles. The van der Waals surface area contributed by atoms with E-state index in [9.17, 15) is 0 Å². The molecule has 0 aliphatic rings. The van der Waals surface area contributed by atoms with Crippen molar-refractivity contribution in [1.29, 1.82) is 0 Å². The van der Waals surface area contributed by atoms with Crippen molar-refractivity contribution in [1.82, 2.24) is 0 Å². The van der Waals surface area contributed by atoms with E-state index in [1.165, 1.54) is 3.57 Å². The normalized spacial score (nSPS) is 12.4. The lowest BCUT2D eigenvalue weighted by Gasteiger charge is -2.13. The van der Waals surface area contributed by atoms with E-state index in [0.717, 1.165) is 27.0 Å². The van der Waals surface area contributed by atoms with Gasteiger partial charge in [0, 0.05) is 13.1 Å². The third-order valence-corrected chi connectivity index (χ3v) is 4.80. The maximum atomic E-state index is 6.50. The number of hydrogen-bond donors (Lipinski definition) is 0. The van der Waals surface area contributed by atoms with Crippen LogP contribution in [0.3, 0.4) is 0 Å². The van der Waals surface area contributed by atoms with Gasteiger partial charge < -0.3 is 0 Å². The Bertz CT molecular complexity index is 557. The van der Waals surface area contributed by atoms with E-state index in [4.69, 9.17) is 23.2 Å². The fraction of sp³-hybridized carbons (Fsp3) is 0.143. The largest absolute Gasteiger partial charge is 0.117 e. The van der Waals surface area contributed by atoms with E-state index >= 15 is 0 Å². The number of halogens is 4. The quantitative estimate of drug-likeness (QED) is 0.380. The summed E-state index contributed by atoms with van der Waals surface area (Å²) in [5.74, 6) is 0. The Hall–Kier alpha value is 0.230. The first-order valence-electron chi connectivity index (χ1n) is 5.40. The molecule has 0 aliphatic heterocycles. The van der Waals surface area contributed by atoms with Crippen molar-refractivity contribution >= 4 is 61.7 Å². The van der Waals surface area contributed by atoms with Gasteiger partial charge in [-0.25, -0.2) is 0 Å². The van der Waals surface area contributed by atoms with Gasteiger partial charge in [-0.15, -0.1) is 11.6 Å². The fourth-order valence-corrected chi connectivity index (χ4v) is 3.45. The molecule has 2 aromatic carbocycles. The molecule has 0 aliphatic carbocycles. The van der Waals surface area contributed by atoms with Crippen LogP contribution in [0, 0.1) is 3.57 Å². The molecule has 94 valence electrons. The molecule has 0 saturated heterocycles. The van der Waals surface area contributed by atoms with Crippen LogP contribution in [0.2, 0.25) is 5.02 Å². The van der Waals surface area contributed by atoms with E-state index in [2.05, 4.69) is 44.6 Å². The van der Waals surface area contributed by atoms with Crippen LogP contribution in [-0.2, 0) is 6.42 Å². The highest BCUT2D eigenvalue weighted by Crippen LogP contribution is 2.33. The lowest BCUT2D eigenvalue weighted by Crippen LogP contribution is -1.98. The van der Waals surface area contributed by atoms with Gasteiger partial charge in [0.1, 0.15) is 0 Å². The van der Waals surface area contributed by atoms with Gasteiger partial charge in [0.2, 0.25) is 0 Å². The summed E-state index contributed by atoms with van der Waals surface area (Å²) in [6, 6.07) is 14.0. The summed E-state index contributed by atoms with van der Waals surface area (Å²) in [4.78, 5) is 0. The molecule has 0 spiro atoms. The van der Waals surface area contributed by atoms with Crippen LogP contribution < -0.4 is 0 Å². The van der Waals surface area contributed by atoms with Crippen LogP contribution in [0.15, 0.2) is 46.9 Å². The van der Waals surface area contributed by atoms with Crippen LogP contribution >= 0.6 is 61.7 Å². The van der Waals surface area contributed by atoms with Gasteiger partial charge in [-0.2, -0.15) is 0 Å². The summed E-state index contributed by atoms with van der Waals surface area (Å²) >= 11 is 18.5. The summed E-state index contributed by atoms with van der Waals surface area (Å²) in [5, 5.41) is 0.680. The maximum absolute atomic E-state index is 6.50. The molecule has 0 heterocycles. The van der Waals surface area contributed by atoms with Crippen molar-refractivity contribution in [3.8, 4) is 0 Å². The minimum Gasteiger partial charge on any atom is -0.117 e. The van der Waals surface area contributed by atoms with Crippen molar-refractivity contribution in [3.05, 3.63) is 66.7 Å². The van der Waals surface area contributed by atoms with Crippen LogP contribution in [0.5, 0.6) is 0 Å². The van der Waals surface area contributed by atoms with Crippen molar-refractivity contribution < 1.29 is 0 Å². The molecule has 0 fully saturated rings. The second-order valence-corrected chi connectivity index (χ2v) is 6.96. The number of rotatable bonds is 3. The molecule has 4 heteroatoms. The summed E-state index contributed by atoms with van der Waals surface area (Å²) in [7, 11) is 0. The van der Waals surface area contributed by atoms with E-state index in [1.54, 1.807) is 0 Å².